The quantitative estimate of drug-likeness (QED) is 0.366. The average molecular weight is 500 g/mol. The topological polar surface area (TPSA) is 123 Å². The van der Waals surface area contributed by atoms with Gasteiger partial charge in [-0.1, -0.05) is 54.1 Å². The lowest BCUT2D eigenvalue weighted by molar-refractivity contribution is 0.0846. The third-order valence-electron chi connectivity index (χ3n) is 5.66. The number of rotatable bonds is 4. The van der Waals surface area contributed by atoms with Gasteiger partial charge in [0.1, 0.15) is 0 Å². The van der Waals surface area contributed by atoms with Crippen molar-refractivity contribution in [1.29, 1.82) is 0 Å². The van der Waals surface area contributed by atoms with Gasteiger partial charge >= 0.3 is 0 Å². The number of sulfone groups is 1. The molecule has 36 heavy (non-hydrogen) atoms. The summed E-state index contributed by atoms with van der Waals surface area (Å²) in [4.78, 5) is 34.8. The van der Waals surface area contributed by atoms with Gasteiger partial charge in [0.15, 0.2) is 5.69 Å². The fraction of sp³-hybridized carbons (Fsp3) is 0.0769. The lowest BCUT2D eigenvalue weighted by Gasteiger charge is -2.11. The van der Waals surface area contributed by atoms with Crippen molar-refractivity contribution in [3.05, 3.63) is 95.8 Å². The van der Waals surface area contributed by atoms with Gasteiger partial charge in [-0.3, -0.25) is 24.8 Å². The van der Waals surface area contributed by atoms with E-state index in [2.05, 4.69) is 20.8 Å². The predicted octanol–water partition coefficient (Wildman–Crippen LogP) is 3.34. The summed E-state index contributed by atoms with van der Waals surface area (Å²) in [5, 5.41) is 0.351. The second-order valence-corrected chi connectivity index (χ2v) is 10.2. The summed E-state index contributed by atoms with van der Waals surface area (Å²) in [6, 6.07) is 21.5. The number of para-hydroxylation sites is 1. The zero-order valence-corrected chi connectivity index (χ0v) is 20.2. The number of hydrazine groups is 1. The maximum atomic E-state index is 13.2. The molecule has 0 unspecified atom stereocenters. The minimum absolute atomic E-state index is 0.128. The molecule has 0 spiro atoms. The van der Waals surface area contributed by atoms with Crippen LogP contribution in [0.1, 0.15) is 26.4 Å². The molecule has 0 fully saturated rings. The van der Waals surface area contributed by atoms with Gasteiger partial charge in [-0.25, -0.2) is 18.4 Å². The molecule has 0 aliphatic carbocycles. The van der Waals surface area contributed by atoms with E-state index in [1.54, 1.807) is 36.4 Å². The molecule has 0 aliphatic heterocycles. The van der Waals surface area contributed by atoms with Crippen LogP contribution in [0.25, 0.3) is 27.7 Å². The van der Waals surface area contributed by atoms with Gasteiger partial charge in [-0.05, 0) is 31.2 Å². The summed E-state index contributed by atoms with van der Waals surface area (Å²) >= 11 is 0. The number of fused-ring (bicyclic) bond motifs is 2. The van der Waals surface area contributed by atoms with Crippen LogP contribution in [0.3, 0.4) is 0 Å². The van der Waals surface area contributed by atoms with Gasteiger partial charge in [-0.2, -0.15) is 0 Å². The molecular formula is C26H21N5O4S. The summed E-state index contributed by atoms with van der Waals surface area (Å²) in [6.07, 6.45) is 2.52. The Bertz CT molecular complexity index is 1760. The van der Waals surface area contributed by atoms with E-state index in [1.165, 1.54) is 10.6 Å². The molecule has 3 aromatic heterocycles. The highest BCUT2D eigenvalue weighted by Gasteiger charge is 2.23. The number of nitrogens with zero attached hydrogens (tertiary/aromatic N) is 3. The maximum absolute atomic E-state index is 13.2. The highest BCUT2D eigenvalue weighted by molar-refractivity contribution is 7.90. The molecule has 2 aromatic carbocycles. The molecular weight excluding hydrogens is 478 g/mol. The van der Waals surface area contributed by atoms with E-state index in [-0.39, 0.29) is 10.9 Å². The molecule has 0 saturated heterocycles. The number of aromatic nitrogens is 3. The second kappa shape index (κ2) is 8.90. The summed E-state index contributed by atoms with van der Waals surface area (Å²) < 4.78 is 25.6. The molecule has 0 radical (unpaired) electrons. The summed E-state index contributed by atoms with van der Waals surface area (Å²) in [5.41, 5.74) is 8.46. The van der Waals surface area contributed by atoms with E-state index in [0.717, 1.165) is 17.4 Å². The molecule has 0 saturated carbocycles. The Labute approximate surface area is 206 Å². The van der Waals surface area contributed by atoms with Crippen LogP contribution in [-0.2, 0) is 9.84 Å². The van der Waals surface area contributed by atoms with Crippen molar-refractivity contribution in [3.8, 4) is 11.3 Å². The van der Waals surface area contributed by atoms with E-state index in [0.29, 0.717) is 27.7 Å². The Morgan fingerprint density at radius 1 is 0.861 bits per heavy atom. The van der Waals surface area contributed by atoms with Crippen LogP contribution in [-0.4, -0.2) is 40.9 Å². The number of amides is 2. The fourth-order valence-electron chi connectivity index (χ4n) is 3.91. The minimum atomic E-state index is -3.70. The van der Waals surface area contributed by atoms with Gasteiger partial charge in [0, 0.05) is 23.4 Å². The van der Waals surface area contributed by atoms with Crippen LogP contribution in [0.15, 0.2) is 84.1 Å². The van der Waals surface area contributed by atoms with Crippen LogP contribution >= 0.6 is 0 Å². The third kappa shape index (κ3) is 4.29. The smallest absolute Gasteiger partial charge is 0.290 e. The molecule has 0 bridgehead atoms. The third-order valence-corrected chi connectivity index (χ3v) is 6.61. The first-order valence-corrected chi connectivity index (χ1v) is 12.9. The van der Waals surface area contributed by atoms with Gasteiger partial charge in [0.25, 0.3) is 11.8 Å². The zero-order chi connectivity index (χ0) is 25.4. The first-order chi connectivity index (χ1) is 17.2. The average Bonchev–Trinajstić information content (AvgIpc) is 3.27. The molecule has 5 aromatic rings. The van der Waals surface area contributed by atoms with Gasteiger partial charge in [0.2, 0.25) is 15.0 Å². The molecule has 10 heteroatoms. The second-order valence-electron chi connectivity index (χ2n) is 8.32. The van der Waals surface area contributed by atoms with E-state index in [1.807, 2.05) is 43.3 Å². The Morgan fingerprint density at radius 3 is 2.31 bits per heavy atom. The van der Waals surface area contributed by atoms with Crippen LogP contribution < -0.4 is 10.9 Å². The summed E-state index contributed by atoms with van der Waals surface area (Å²) in [6.45, 7) is 1.99. The standard InChI is InChI=1S/C26H21N5O4S/c1-16-10-12-17(13-11-16)21-15-19(18-7-3-4-8-20(18)27-21)24(32)29-30-25(33)23-22-9-5-6-14-31(22)26(28-23)36(2,34)35/h3-15H,1-2H3,(H,29,32)(H,30,33). The molecule has 5 rings (SSSR count). The van der Waals surface area contributed by atoms with E-state index in [9.17, 15) is 18.0 Å². The molecule has 0 atom stereocenters. The number of benzene rings is 2. The maximum Gasteiger partial charge on any atom is 0.290 e. The largest absolute Gasteiger partial charge is 0.290 e. The molecule has 3 heterocycles. The number of imidazole rings is 1. The van der Waals surface area contributed by atoms with Crippen molar-refractivity contribution in [2.45, 2.75) is 12.1 Å². The molecule has 9 nitrogen and oxygen atoms in total. The zero-order valence-electron chi connectivity index (χ0n) is 19.4. The van der Waals surface area contributed by atoms with Gasteiger partial charge < -0.3 is 0 Å². The highest BCUT2D eigenvalue weighted by Crippen LogP contribution is 2.25. The highest BCUT2D eigenvalue weighted by atomic mass is 32.2. The van der Waals surface area contributed by atoms with Crippen molar-refractivity contribution in [2.75, 3.05) is 6.26 Å². The molecule has 0 aliphatic rings. The Morgan fingerprint density at radius 2 is 1.56 bits per heavy atom. The van der Waals surface area contributed by atoms with Gasteiger partial charge in [0.05, 0.1) is 22.3 Å². The number of hydrogen-bond donors (Lipinski definition) is 2. The van der Waals surface area contributed by atoms with E-state index < -0.39 is 21.7 Å². The summed E-state index contributed by atoms with van der Waals surface area (Å²) in [7, 11) is -3.70. The van der Waals surface area contributed by atoms with Crippen molar-refractivity contribution in [2.24, 2.45) is 0 Å². The van der Waals surface area contributed by atoms with Crippen molar-refractivity contribution >= 4 is 38.1 Å². The number of nitrogens with one attached hydrogen (secondary N) is 2. The van der Waals surface area contributed by atoms with Crippen LogP contribution in [0.4, 0.5) is 0 Å². The fourth-order valence-corrected chi connectivity index (χ4v) is 4.69. The van der Waals surface area contributed by atoms with Crippen LogP contribution in [0.2, 0.25) is 0 Å². The van der Waals surface area contributed by atoms with Crippen LogP contribution in [0.5, 0.6) is 0 Å². The van der Waals surface area contributed by atoms with Gasteiger partial charge in [-0.15, -0.1) is 0 Å². The van der Waals surface area contributed by atoms with E-state index in [4.69, 9.17) is 0 Å². The number of carbonyl (C=O) groups is 2. The van der Waals surface area contributed by atoms with Crippen molar-refractivity contribution in [3.63, 3.8) is 0 Å². The van der Waals surface area contributed by atoms with Crippen LogP contribution in [0, 0.1) is 6.92 Å². The first kappa shape index (κ1) is 23.2. The number of aryl methyl sites for hydroxylation is 1. The lowest BCUT2D eigenvalue weighted by Crippen LogP contribution is -2.42. The van der Waals surface area contributed by atoms with Crippen molar-refractivity contribution < 1.29 is 18.0 Å². The van der Waals surface area contributed by atoms with Crippen molar-refractivity contribution in [1.82, 2.24) is 25.2 Å². The number of hydrogen-bond acceptors (Lipinski definition) is 6. The minimum Gasteiger partial charge on any atom is -0.290 e. The monoisotopic (exact) mass is 499 g/mol. The number of pyridine rings is 2. The summed E-state index contributed by atoms with van der Waals surface area (Å²) in [5.74, 6) is -1.30. The molecule has 2 amide bonds. The number of carbonyl (C=O) groups excluding carboxylic acids is 2. The molecule has 2 N–H and O–H groups in total. The van der Waals surface area contributed by atoms with E-state index >= 15 is 0 Å². The Balaban J connectivity index is 1.46. The predicted molar refractivity (Wildman–Crippen MR) is 135 cm³/mol. The Kier molecular flexibility index (Phi) is 5.73. The lowest BCUT2D eigenvalue weighted by atomic mass is 10.0. The normalized spacial score (nSPS) is 11.5. The first-order valence-electron chi connectivity index (χ1n) is 11.0. The SMILES string of the molecule is Cc1ccc(-c2cc(C(=O)NNC(=O)c3nc(S(C)(=O)=O)n4ccccc34)c3ccccc3n2)cc1. The Hall–Kier alpha value is -4.57. The molecule has 180 valence electrons.